The Bertz CT molecular complexity index is 1310. The Kier molecular flexibility index (Phi) is 7.18. The molecular formula is C26H26F2N4O3. The van der Waals surface area contributed by atoms with E-state index in [-0.39, 0.29) is 22.5 Å². The summed E-state index contributed by atoms with van der Waals surface area (Å²) in [5.74, 6) is -2.24. The van der Waals surface area contributed by atoms with Crippen molar-refractivity contribution >= 4 is 22.5 Å². The number of anilines is 1. The fourth-order valence-corrected chi connectivity index (χ4v) is 4.19. The average molecular weight is 481 g/mol. The average Bonchev–Trinajstić information content (AvgIpc) is 2.88. The Morgan fingerprint density at radius 2 is 1.94 bits per heavy atom. The molecule has 2 heterocycles. The van der Waals surface area contributed by atoms with Gasteiger partial charge in [0.15, 0.2) is 0 Å². The van der Waals surface area contributed by atoms with Gasteiger partial charge in [0.2, 0.25) is 5.91 Å². The summed E-state index contributed by atoms with van der Waals surface area (Å²) in [5, 5.41) is 11.5. The SMILES string of the molecule is C=CC(=O)N(C)/C(=C\C)C(O)c1cc(-c2ncnc3cc(N4CCOCC4)ccc23)c(F)cc1F. The molecule has 1 aliphatic heterocycles. The standard InChI is InChI=1S/C26H26F2N4O3/c1-4-23(31(3)24(33)5-2)26(34)19-13-18(20(27)14-21(19)28)25-17-7-6-16(12-22(17)29-15-30-25)32-8-10-35-11-9-32/h4-7,12-15,26,34H,2,8-11H2,1,3H3/b23-4-. The fourth-order valence-electron chi connectivity index (χ4n) is 4.19. The molecule has 182 valence electrons. The zero-order valence-electron chi connectivity index (χ0n) is 19.5. The third-order valence-electron chi connectivity index (χ3n) is 6.10. The maximum absolute atomic E-state index is 15.0. The number of rotatable bonds is 6. The molecule has 4 rings (SSSR count). The first-order valence-electron chi connectivity index (χ1n) is 11.2. The van der Waals surface area contributed by atoms with E-state index >= 15 is 4.39 Å². The van der Waals surface area contributed by atoms with E-state index in [0.29, 0.717) is 30.2 Å². The van der Waals surface area contributed by atoms with Crippen molar-refractivity contribution < 1.29 is 23.4 Å². The molecule has 1 amide bonds. The van der Waals surface area contributed by atoms with Gasteiger partial charge < -0.3 is 19.6 Å². The second kappa shape index (κ2) is 10.3. The highest BCUT2D eigenvalue weighted by molar-refractivity contribution is 5.94. The number of carbonyl (C=O) groups is 1. The van der Waals surface area contributed by atoms with E-state index in [9.17, 15) is 14.3 Å². The number of fused-ring (bicyclic) bond motifs is 1. The van der Waals surface area contributed by atoms with Gasteiger partial charge in [0.05, 0.1) is 24.4 Å². The zero-order valence-corrected chi connectivity index (χ0v) is 19.5. The molecule has 1 saturated heterocycles. The van der Waals surface area contributed by atoms with E-state index in [1.165, 1.54) is 25.5 Å². The minimum atomic E-state index is -1.52. The number of aromatic nitrogens is 2. The lowest BCUT2D eigenvalue weighted by Crippen LogP contribution is -2.36. The van der Waals surface area contributed by atoms with Crippen molar-refractivity contribution in [3.63, 3.8) is 0 Å². The lowest BCUT2D eigenvalue weighted by atomic mass is 9.98. The van der Waals surface area contributed by atoms with Crippen LogP contribution in [0.1, 0.15) is 18.6 Å². The molecule has 35 heavy (non-hydrogen) atoms. The van der Waals surface area contributed by atoms with E-state index in [4.69, 9.17) is 4.74 Å². The molecule has 0 saturated carbocycles. The molecule has 0 aliphatic carbocycles. The molecule has 1 N–H and O–H groups in total. The number of hydrogen-bond acceptors (Lipinski definition) is 6. The molecule has 0 bridgehead atoms. The summed E-state index contributed by atoms with van der Waals surface area (Å²) in [6.07, 6.45) is 2.38. The summed E-state index contributed by atoms with van der Waals surface area (Å²) in [7, 11) is 1.44. The van der Waals surface area contributed by atoms with Crippen molar-refractivity contribution in [2.45, 2.75) is 13.0 Å². The Labute approximate surface area is 202 Å². The van der Waals surface area contributed by atoms with Crippen LogP contribution in [0.2, 0.25) is 0 Å². The fraction of sp³-hybridized carbons (Fsp3) is 0.269. The Morgan fingerprint density at radius 3 is 2.63 bits per heavy atom. The van der Waals surface area contributed by atoms with E-state index in [1.54, 1.807) is 6.92 Å². The van der Waals surface area contributed by atoms with Gasteiger partial charge in [-0.3, -0.25) is 4.79 Å². The van der Waals surface area contributed by atoms with Crippen LogP contribution in [-0.2, 0) is 9.53 Å². The van der Waals surface area contributed by atoms with Crippen LogP contribution >= 0.6 is 0 Å². The van der Waals surface area contributed by atoms with Crippen molar-refractivity contribution in [2.75, 3.05) is 38.3 Å². The number of nitrogens with zero attached hydrogens (tertiary/aromatic N) is 4. The highest BCUT2D eigenvalue weighted by atomic mass is 19.1. The van der Waals surface area contributed by atoms with E-state index in [0.717, 1.165) is 29.8 Å². The first-order valence-corrected chi connectivity index (χ1v) is 11.2. The quantitative estimate of drug-likeness (QED) is 0.538. The molecule has 1 atom stereocenters. The molecule has 9 heteroatoms. The van der Waals surface area contributed by atoms with Crippen molar-refractivity contribution in [1.29, 1.82) is 0 Å². The number of morpholine rings is 1. The van der Waals surface area contributed by atoms with Gasteiger partial charge in [0.25, 0.3) is 0 Å². The van der Waals surface area contributed by atoms with E-state index in [1.807, 2.05) is 18.2 Å². The van der Waals surface area contributed by atoms with Crippen LogP contribution in [0.3, 0.4) is 0 Å². The Morgan fingerprint density at radius 1 is 1.20 bits per heavy atom. The Balaban J connectivity index is 1.77. The molecule has 1 unspecified atom stereocenters. The topological polar surface area (TPSA) is 78.8 Å². The summed E-state index contributed by atoms with van der Waals surface area (Å²) in [5.41, 5.74) is 1.81. The minimum absolute atomic E-state index is 0.0140. The van der Waals surface area contributed by atoms with Crippen LogP contribution in [-0.4, -0.2) is 59.2 Å². The summed E-state index contributed by atoms with van der Waals surface area (Å²) in [6.45, 7) is 7.83. The zero-order chi connectivity index (χ0) is 25.1. The molecule has 0 radical (unpaired) electrons. The number of aliphatic hydroxyl groups is 1. The second-order valence-corrected chi connectivity index (χ2v) is 8.09. The monoisotopic (exact) mass is 480 g/mol. The Hall–Kier alpha value is -3.69. The lowest BCUT2D eigenvalue weighted by molar-refractivity contribution is -0.123. The first-order chi connectivity index (χ1) is 16.8. The molecule has 1 aromatic heterocycles. The molecular weight excluding hydrogens is 454 g/mol. The van der Waals surface area contributed by atoms with Gasteiger partial charge in [-0.2, -0.15) is 0 Å². The molecule has 1 aliphatic rings. The maximum Gasteiger partial charge on any atom is 0.249 e. The summed E-state index contributed by atoms with van der Waals surface area (Å²) in [4.78, 5) is 24.0. The van der Waals surface area contributed by atoms with Gasteiger partial charge >= 0.3 is 0 Å². The number of carbonyl (C=O) groups excluding carboxylic acids is 1. The van der Waals surface area contributed by atoms with Gasteiger partial charge in [-0.15, -0.1) is 0 Å². The van der Waals surface area contributed by atoms with Gasteiger partial charge in [-0.05, 0) is 37.3 Å². The maximum atomic E-state index is 15.0. The summed E-state index contributed by atoms with van der Waals surface area (Å²) in [6, 6.07) is 7.56. The summed E-state index contributed by atoms with van der Waals surface area (Å²) >= 11 is 0. The highest BCUT2D eigenvalue weighted by Crippen LogP contribution is 2.35. The molecule has 7 nitrogen and oxygen atoms in total. The number of hydrogen-bond donors (Lipinski definition) is 1. The number of aliphatic hydroxyl groups excluding tert-OH is 1. The third kappa shape index (κ3) is 4.78. The normalized spacial score (nSPS) is 15.2. The predicted molar refractivity (Wildman–Crippen MR) is 130 cm³/mol. The van der Waals surface area contributed by atoms with Crippen molar-refractivity contribution in [3.8, 4) is 11.3 Å². The van der Waals surface area contributed by atoms with E-state index in [2.05, 4.69) is 21.4 Å². The molecule has 0 spiro atoms. The highest BCUT2D eigenvalue weighted by Gasteiger charge is 2.25. The van der Waals surface area contributed by atoms with Gasteiger partial charge in [0, 0.05) is 54.1 Å². The van der Waals surface area contributed by atoms with Crippen molar-refractivity contribution in [3.05, 3.63) is 78.3 Å². The number of likely N-dealkylation sites (N-methyl/N-ethyl adjacent to an activating group) is 1. The molecule has 1 fully saturated rings. The van der Waals surface area contributed by atoms with Crippen LogP contribution in [0.4, 0.5) is 14.5 Å². The van der Waals surface area contributed by atoms with Crippen molar-refractivity contribution in [1.82, 2.24) is 14.9 Å². The smallest absolute Gasteiger partial charge is 0.249 e. The van der Waals surface area contributed by atoms with Gasteiger partial charge in [-0.25, -0.2) is 18.7 Å². The van der Waals surface area contributed by atoms with Gasteiger partial charge in [-0.1, -0.05) is 12.7 Å². The number of benzene rings is 2. The number of ether oxygens (including phenoxy) is 1. The van der Waals surface area contributed by atoms with Crippen molar-refractivity contribution in [2.24, 2.45) is 0 Å². The third-order valence-corrected chi connectivity index (χ3v) is 6.10. The second-order valence-electron chi connectivity index (χ2n) is 8.09. The minimum Gasteiger partial charge on any atom is -0.382 e. The predicted octanol–water partition coefficient (Wildman–Crippen LogP) is 3.99. The summed E-state index contributed by atoms with van der Waals surface area (Å²) < 4.78 is 35.2. The first kappa shape index (κ1) is 24.4. The lowest BCUT2D eigenvalue weighted by Gasteiger charge is -2.29. The van der Waals surface area contributed by atoms with Crippen LogP contribution in [0.15, 0.2) is 61.1 Å². The van der Waals surface area contributed by atoms with Crippen LogP contribution in [0.25, 0.3) is 22.2 Å². The van der Waals surface area contributed by atoms with Crippen LogP contribution in [0, 0.1) is 11.6 Å². The molecule has 2 aromatic carbocycles. The molecule has 3 aromatic rings. The van der Waals surface area contributed by atoms with Crippen LogP contribution < -0.4 is 4.90 Å². The number of allylic oxidation sites excluding steroid dienone is 1. The van der Waals surface area contributed by atoms with Gasteiger partial charge in [0.1, 0.15) is 24.1 Å². The number of halogens is 2. The van der Waals surface area contributed by atoms with Crippen LogP contribution in [0.5, 0.6) is 0 Å². The number of amides is 1. The largest absolute Gasteiger partial charge is 0.382 e. The van der Waals surface area contributed by atoms with E-state index < -0.39 is 23.6 Å².